The lowest BCUT2D eigenvalue weighted by Gasteiger charge is -2.29. The van der Waals surface area contributed by atoms with Gasteiger partial charge in [-0.05, 0) is 38.0 Å². The maximum absolute atomic E-state index is 5.58. The highest BCUT2D eigenvalue weighted by atomic mass is 16.5. The first kappa shape index (κ1) is 10.6. The van der Waals surface area contributed by atoms with Crippen molar-refractivity contribution in [1.29, 1.82) is 0 Å². The van der Waals surface area contributed by atoms with E-state index in [0.717, 1.165) is 19.6 Å². The fourth-order valence-electron chi connectivity index (χ4n) is 1.87. The van der Waals surface area contributed by atoms with Crippen LogP contribution < -0.4 is 5.32 Å². The average Bonchev–Trinajstić information content (AvgIpc) is 2.59. The van der Waals surface area contributed by atoms with E-state index in [0.29, 0.717) is 6.10 Å². The van der Waals surface area contributed by atoms with Crippen LogP contribution >= 0.6 is 0 Å². The van der Waals surface area contributed by atoms with Crippen molar-refractivity contribution in [2.75, 3.05) is 6.61 Å². The smallest absolute Gasteiger partial charge is 0.0726 e. The van der Waals surface area contributed by atoms with Gasteiger partial charge in [-0.3, -0.25) is 4.98 Å². The monoisotopic (exact) mass is 206 g/mol. The fourth-order valence-corrected chi connectivity index (χ4v) is 1.87. The molecule has 1 aromatic rings. The van der Waals surface area contributed by atoms with Crippen LogP contribution in [0.5, 0.6) is 0 Å². The van der Waals surface area contributed by atoms with E-state index in [-0.39, 0.29) is 5.54 Å². The van der Waals surface area contributed by atoms with Crippen LogP contribution in [-0.4, -0.2) is 23.2 Å². The van der Waals surface area contributed by atoms with Gasteiger partial charge in [0.15, 0.2) is 0 Å². The lowest BCUT2D eigenvalue weighted by atomic mass is 9.94. The van der Waals surface area contributed by atoms with Crippen LogP contribution in [-0.2, 0) is 11.3 Å². The highest BCUT2D eigenvalue weighted by molar-refractivity contribution is 5.10. The van der Waals surface area contributed by atoms with Crippen LogP contribution in [0.2, 0.25) is 0 Å². The maximum atomic E-state index is 5.58. The van der Waals surface area contributed by atoms with Gasteiger partial charge in [0.1, 0.15) is 0 Å². The van der Waals surface area contributed by atoms with Crippen molar-refractivity contribution in [2.45, 2.75) is 38.5 Å². The fraction of sp³-hybridized carbons (Fsp3) is 0.583. The summed E-state index contributed by atoms with van der Waals surface area (Å²) in [5.41, 5.74) is 1.38. The normalized spacial score (nSPS) is 30.7. The Morgan fingerprint density at radius 3 is 2.87 bits per heavy atom. The number of hydrogen-bond acceptors (Lipinski definition) is 3. The van der Waals surface area contributed by atoms with Crippen molar-refractivity contribution in [3.05, 3.63) is 30.1 Å². The van der Waals surface area contributed by atoms with Gasteiger partial charge in [-0.25, -0.2) is 0 Å². The molecule has 0 aromatic carbocycles. The Labute approximate surface area is 90.9 Å². The molecule has 3 nitrogen and oxygen atoms in total. The molecule has 0 aliphatic carbocycles. The molecule has 1 aromatic heterocycles. The lowest BCUT2D eigenvalue weighted by Crippen LogP contribution is -2.47. The van der Waals surface area contributed by atoms with E-state index in [9.17, 15) is 0 Å². The summed E-state index contributed by atoms with van der Waals surface area (Å²) in [6.07, 6.45) is 5.03. The molecule has 2 heterocycles. The predicted octanol–water partition coefficient (Wildman–Crippen LogP) is 1.74. The van der Waals surface area contributed by atoms with Gasteiger partial charge in [-0.2, -0.15) is 0 Å². The number of hydrogen-bond donors (Lipinski definition) is 1. The second-order valence-electron chi connectivity index (χ2n) is 4.39. The summed E-state index contributed by atoms with van der Waals surface area (Å²) >= 11 is 0. The van der Waals surface area contributed by atoms with E-state index < -0.39 is 0 Å². The Morgan fingerprint density at radius 2 is 2.27 bits per heavy atom. The van der Waals surface area contributed by atoms with Crippen molar-refractivity contribution in [2.24, 2.45) is 0 Å². The first-order valence-electron chi connectivity index (χ1n) is 5.46. The van der Waals surface area contributed by atoms with Crippen molar-refractivity contribution in [3.63, 3.8) is 0 Å². The number of nitrogens with one attached hydrogen (secondary N) is 1. The first-order valence-corrected chi connectivity index (χ1v) is 5.46. The topological polar surface area (TPSA) is 34.1 Å². The van der Waals surface area contributed by atoms with Crippen molar-refractivity contribution in [1.82, 2.24) is 10.3 Å². The van der Waals surface area contributed by atoms with Gasteiger partial charge in [0.25, 0.3) is 0 Å². The standard InChI is InChI=1S/C12H18N2O/c1-10-12(2,5-8-15-10)14-9-11-3-6-13-7-4-11/h3-4,6-7,10,14H,5,8-9H2,1-2H3. The third kappa shape index (κ3) is 2.36. The van der Waals surface area contributed by atoms with E-state index in [1.165, 1.54) is 5.56 Å². The van der Waals surface area contributed by atoms with Crippen LogP contribution in [0.3, 0.4) is 0 Å². The number of rotatable bonds is 3. The zero-order valence-corrected chi connectivity index (χ0v) is 9.36. The Bertz CT molecular complexity index is 315. The highest BCUT2D eigenvalue weighted by Gasteiger charge is 2.36. The maximum Gasteiger partial charge on any atom is 0.0726 e. The van der Waals surface area contributed by atoms with Crippen LogP contribution in [0.15, 0.2) is 24.5 Å². The largest absolute Gasteiger partial charge is 0.377 e. The Hall–Kier alpha value is -0.930. The van der Waals surface area contributed by atoms with Gasteiger partial charge < -0.3 is 10.1 Å². The number of aromatic nitrogens is 1. The second-order valence-corrected chi connectivity index (χ2v) is 4.39. The minimum Gasteiger partial charge on any atom is -0.377 e. The van der Waals surface area contributed by atoms with Gasteiger partial charge in [0.2, 0.25) is 0 Å². The lowest BCUT2D eigenvalue weighted by molar-refractivity contribution is 0.0881. The zero-order valence-electron chi connectivity index (χ0n) is 9.36. The molecule has 0 saturated carbocycles. The van der Waals surface area contributed by atoms with Crippen molar-refractivity contribution < 1.29 is 4.74 Å². The number of pyridine rings is 1. The van der Waals surface area contributed by atoms with E-state index >= 15 is 0 Å². The molecule has 3 heteroatoms. The SMILES string of the molecule is CC1OCCC1(C)NCc1ccncc1. The molecule has 82 valence electrons. The molecular formula is C12H18N2O. The quantitative estimate of drug-likeness (QED) is 0.818. The van der Waals surface area contributed by atoms with Crippen LogP contribution in [0.4, 0.5) is 0 Å². The van der Waals surface area contributed by atoms with Crippen LogP contribution in [0.25, 0.3) is 0 Å². The molecule has 0 amide bonds. The Balaban J connectivity index is 1.93. The molecule has 1 fully saturated rings. The van der Waals surface area contributed by atoms with Gasteiger partial charge in [0, 0.05) is 31.1 Å². The number of nitrogens with zero attached hydrogens (tertiary/aromatic N) is 1. The highest BCUT2D eigenvalue weighted by Crippen LogP contribution is 2.25. The average molecular weight is 206 g/mol. The summed E-state index contributed by atoms with van der Waals surface area (Å²) in [6.45, 7) is 6.10. The van der Waals surface area contributed by atoms with Crippen LogP contribution in [0.1, 0.15) is 25.8 Å². The second kappa shape index (κ2) is 4.29. The summed E-state index contributed by atoms with van der Waals surface area (Å²) in [7, 11) is 0. The molecule has 1 N–H and O–H groups in total. The molecule has 0 spiro atoms. The molecule has 1 aliphatic heterocycles. The number of ether oxygens (including phenoxy) is 1. The summed E-state index contributed by atoms with van der Waals surface area (Å²) in [5, 5.41) is 3.57. The van der Waals surface area contributed by atoms with Crippen LogP contribution in [0, 0.1) is 0 Å². The van der Waals surface area contributed by atoms with Gasteiger partial charge >= 0.3 is 0 Å². The molecule has 2 atom stereocenters. The Kier molecular flexibility index (Phi) is 3.03. The summed E-state index contributed by atoms with van der Waals surface area (Å²) < 4.78 is 5.58. The third-order valence-electron chi connectivity index (χ3n) is 3.33. The van der Waals surface area contributed by atoms with E-state index in [2.05, 4.69) is 24.1 Å². The first-order chi connectivity index (χ1) is 7.21. The van der Waals surface area contributed by atoms with Crippen molar-refractivity contribution >= 4 is 0 Å². The van der Waals surface area contributed by atoms with Crippen molar-refractivity contribution in [3.8, 4) is 0 Å². The summed E-state index contributed by atoms with van der Waals surface area (Å²) in [6, 6.07) is 4.08. The van der Waals surface area contributed by atoms with Gasteiger partial charge in [-0.1, -0.05) is 0 Å². The summed E-state index contributed by atoms with van der Waals surface area (Å²) in [4.78, 5) is 4.00. The minimum absolute atomic E-state index is 0.114. The predicted molar refractivity (Wildman–Crippen MR) is 59.5 cm³/mol. The van der Waals surface area contributed by atoms with E-state index in [1.54, 1.807) is 0 Å². The summed E-state index contributed by atoms with van der Waals surface area (Å²) in [5.74, 6) is 0. The minimum atomic E-state index is 0.114. The van der Waals surface area contributed by atoms with Gasteiger partial charge in [0.05, 0.1) is 6.10 Å². The molecule has 0 radical (unpaired) electrons. The molecule has 0 bridgehead atoms. The molecule has 1 aliphatic rings. The van der Waals surface area contributed by atoms with E-state index in [1.807, 2.05) is 24.5 Å². The molecule has 1 saturated heterocycles. The zero-order chi connectivity index (χ0) is 10.7. The van der Waals surface area contributed by atoms with E-state index in [4.69, 9.17) is 4.74 Å². The molecule has 2 unspecified atom stereocenters. The van der Waals surface area contributed by atoms with Gasteiger partial charge in [-0.15, -0.1) is 0 Å². The molecular weight excluding hydrogens is 188 g/mol. The molecule has 2 rings (SSSR count). The molecule has 15 heavy (non-hydrogen) atoms. The third-order valence-corrected chi connectivity index (χ3v) is 3.33. The Morgan fingerprint density at radius 1 is 1.53 bits per heavy atom.